The first kappa shape index (κ1) is 21.8. The van der Waals surface area contributed by atoms with Gasteiger partial charge in [0.15, 0.2) is 5.70 Å². The number of esters is 1. The Morgan fingerprint density at radius 3 is 2.10 bits per heavy atom. The predicted octanol–water partition coefficient (Wildman–Crippen LogP) is 6.22. The lowest BCUT2D eigenvalue weighted by Gasteiger charge is -2.25. The van der Waals surface area contributed by atoms with Crippen LogP contribution in [0.25, 0.3) is 6.08 Å². The van der Waals surface area contributed by atoms with Crippen LogP contribution >= 0.6 is 0 Å². The molecule has 0 atom stereocenters. The Balaban J connectivity index is 1.71. The highest BCUT2D eigenvalue weighted by Crippen LogP contribution is 2.22. The normalized spacial score (nSPS) is 14.7. The average Bonchev–Trinajstić information content (AvgIpc) is 3.14. The van der Waals surface area contributed by atoms with E-state index in [1.165, 1.54) is 44.2 Å². The van der Waals surface area contributed by atoms with Crippen molar-refractivity contribution in [1.29, 1.82) is 0 Å². The molecule has 0 unspecified atom stereocenters. The highest BCUT2D eigenvalue weighted by atomic mass is 16.6. The summed E-state index contributed by atoms with van der Waals surface area (Å²) in [5.74, 6) is -0.0415. The van der Waals surface area contributed by atoms with Gasteiger partial charge >= 0.3 is 5.97 Å². The van der Waals surface area contributed by atoms with Crippen LogP contribution in [0.4, 0.5) is 5.69 Å². The van der Waals surface area contributed by atoms with Crippen molar-refractivity contribution in [2.75, 3.05) is 18.0 Å². The third kappa shape index (κ3) is 6.06. The number of carbonyl (C=O) groups is 1. The molecule has 2 aromatic carbocycles. The number of unbranched alkanes of at least 4 members (excludes halogenated alkanes) is 4. The minimum Gasteiger partial charge on any atom is -0.402 e. The Labute approximate surface area is 180 Å². The fourth-order valence-corrected chi connectivity index (χ4v) is 3.53. The standard InChI is InChI=1S/C26H32N2O2/c1-3-5-10-18-28(19-11-6-4-2)23-16-14-21(15-17-23)20-24-26(29)30-25(27-24)22-12-8-7-9-13-22/h7-9,12-17,20H,3-6,10-11,18-19H2,1-2H3/b24-20+. The molecule has 3 rings (SSSR count). The molecule has 0 aromatic heterocycles. The lowest BCUT2D eigenvalue weighted by atomic mass is 10.1. The van der Waals surface area contributed by atoms with Crippen LogP contribution in [0.2, 0.25) is 0 Å². The Bertz CT molecular complexity index is 860. The average molecular weight is 405 g/mol. The van der Waals surface area contributed by atoms with E-state index in [0.29, 0.717) is 11.6 Å². The van der Waals surface area contributed by atoms with Crippen molar-refractivity contribution in [1.82, 2.24) is 0 Å². The molecule has 1 aliphatic heterocycles. The third-order valence-electron chi connectivity index (χ3n) is 5.27. The molecular weight excluding hydrogens is 372 g/mol. The second kappa shape index (κ2) is 11.3. The van der Waals surface area contributed by atoms with Crippen LogP contribution in [0.1, 0.15) is 63.5 Å². The fourth-order valence-electron chi connectivity index (χ4n) is 3.53. The maximum absolute atomic E-state index is 12.2. The fraction of sp³-hybridized carbons (Fsp3) is 0.385. The van der Waals surface area contributed by atoms with E-state index in [-0.39, 0.29) is 0 Å². The van der Waals surface area contributed by atoms with Crippen LogP contribution in [-0.2, 0) is 9.53 Å². The first-order valence-corrected chi connectivity index (χ1v) is 11.1. The summed E-state index contributed by atoms with van der Waals surface area (Å²) < 4.78 is 5.34. The molecule has 1 heterocycles. The summed E-state index contributed by atoms with van der Waals surface area (Å²) in [6.07, 6.45) is 9.22. The van der Waals surface area contributed by atoms with Gasteiger partial charge in [-0.1, -0.05) is 69.9 Å². The molecule has 0 spiro atoms. The van der Waals surface area contributed by atoms with E-state index in [1.54, 1.807) is 6.08 Å². The number of carbonyl (C=O) groups excluding carboxylic acids is 1. The lowest BCUT2D eigenvalue weighted by molar-refractivity contribution is -0.129. The second-order valence-electron chi connectivity index (χ2n) is 7.69. The quantitative estimate of drug-likeness (QED) is 0.254. The summed E-state index contributed by atoms with van der Waals surface area (Å²) in [5.41, 5.74) is 3.33. The highest BCUT2D eigenvalue weighted by molar-refractivity contribution is 6.12. The zero-order valence-electron chi connectivity index (χ0n) is 18.1. The van der Waals surface area contributed by atoms with Crippen molar-refractivity contribution in [3.8, 4) is 0 Å². The first-order valence-electron chi connectivity index (χ1n) is 11.1. The van der Waals surface area contributed by atoms with Crippen molar-refractivity contribution in [3.63, 3.8) is 0 Å². The van der Waals surface area contributed by atoms with Crippen LogP contribution in [0.5, 0.6) is 0 Å². The number of hydrogen-bond donors (Lipinski definition) is 0. The van der Waals surface area contributed by atoms with Gasteiger partial charge in [-0.15, -0.1) is 0 Å². The second-order valence-corrected chi connectivity index (χ2v) is 7.69. The minimum atomic E-state index is -0.404. The predicted molar refractivity (Wildman–Crippen MR) is 125 cm³/mol. The summed E-state index contributed by atoms with van der Waals surface area (Å²) in [6.45, 7) is 6.66. The largest absolute Gasteiger partial charge is 0.402 e. The third-order valence-corrected chi connectivity index (χ3v) is 5.27. The van der Waals surface area contributed by atoms with Crippen molar-refractivity contribution in [2.24, 2.45) is 4.99 Å². The van der Waals surface area contributed by atoms with Gasteiger partial charge in [-0.05, 0) is 48.7 Å². The molecule has 0 amide bonds. The number of hydrogen-bond acceptors (Lipinski definition) is 4. The number of nitrogens with zero attached hydrogens (tertiary/aromatic N) is 2. The summed E-state index contributed by atoms with van der Waals surface area (Å²) in [6, 6.07) is 17.9. The van der Waals surface area contributed by atoms with Crippen molar-refractivity contribution >= 4 is 23.6 Å². The molecule has 2 aromatic rings. The molecule has 4 heteroatoms. The zero-order chi connectivity index (χ0) is 21.2. The topological polar surface area (TPSA) is 41.9 Å². The Morgan fingerprint density at radius 1 is 0.867 bits per heavy atom. The molecule has 0 bridgehead atoms. The van der Waals surface area contributed by atoms with Gasteiger partial charge in [0.25, 0.3) is 0 Å². The Hall–Kier alpha value is -2.88. The van der Waals surface area contributed by atoms with E-state index >= 15 is 0 Å². The van der Waals surface area contributed by atoms with Crippen molar-refractivity contribution in [2.45, 2.75) is 52.4 Å². The molecule has 0 fully saturated rings. The summed E-state index contributed by atoms with van der Waals surface area (Å²) in [4.78, 5) is 19.1. The smallest absolute Gasteiger partial charge is 0.363 e. The van der Waals surface area contributed by atoms with Gasteiger partial charge in [0, 0.05) is 24.3 Å². The van der Waals surface area contributed by atoms with E-state index in [0.717, 1.165) is 24.2 Å². The van der Waals surface area contributed by atoms with E-state index in [1.807, 2.05) is 30.3 Å². The first-order chi connectivity index (χ1) is 14.7. The number of aliphatic imine (C=N–C) groups is 1. The van der Waals surface area contributed by atoms with Gasteiger partial charge in [-0.2, -0.15) is 0 Å². The van der Waals surface area contributed by atoms with Crippen molar-refractivity contribution < 1.29 is 9.53 Å². The summed E-state index contributed by atoms with van der Waals surface area (Å²) in [5, 5.41) is 0. The van der Waals surface area contributed by atoms with E-state index < -0.39 is 5.97 Å². The number of cyclic esters (lactones) is 1. The minimum absolute atomic E-state index is 0.337. The van der Waals surface area contributed by atoms with Gasteiger partial charge in [-0.25, -0.2) is 9.79 Å². The Morgan fingerprint density at radius 2 is 1.50 bits per heavy atom. The van der Waals surface area contributed by atoms with Gasteiger partial charge in [0.05, 0.1) is 0 Å². The number of benzene rings is 2. The van der Waals surface area contributed by atoms with Gasteiger partial charge in [-0.3, -0.25) is 0 Å². The van der Waals surface area contributed by atoms with E-state index in [4.69, 9.17) is 4.74 Å². The molecule has 0 saturated heterocycles. The number of ether oxygens (including phenoxy) is 1. The molecule has 30 heavy (non-hydrogen) atoms. The molecule has 158 valence electrons. The van der Waals surface area contributed by atoms with Crippen LogP contribution in [-0.4, -0.2) is 25.0 Å². The number of rotatable bonds is 11. The molecule has 0 radical (unpaired) electrons. The van der Waals surface area contributed by atoms with Crippen LogP contribution in [0, 0.1) is 0 Å². The van der Waals surface area contributed by atoms with Crippen molar-refractivity contribution in [3.05, 3.63) is 71.4 Å². The van der Waals surface area contributed by atoms with Crippen LogP contribution < -0.4 is 4.90 Å². The monoisotopic (exact) mass is 404 g/mol. The molecule has 0 saturated carbocycles. The van der Waals surface area contributed by atoms with Gasteiger partial charge < -0.3 is 9.64 Å². The van der Waals surface area contributed by atoms with E-state index in [9.17, 15) is 4.79 Å². The van der Waals surface area contributed by atoms with E-state index in [2.05, 4.69) is 48.0 Å². The van der Waals surface area contributed by atoms with Crippen LogP contribution in [0.15, 0.2) is 65.3 Å². The zero-order valence-corrected chi connectivity index (χ0v) is 18.1. The highest BCUT2D eigenvalue weighted by Gasteiger charge is 2.23. The maximum Gasteiger partial charge on any atom is 0.363 e. The summed E-state index contributed by atoms with van der Waals surface area (Å²) in [7, 11) is 0. The SMILES string of the molecule is CCCCCN(CCCCC)c1ccc(/C=C2/N=C(c3ccccc3)OC2=O)cc1. The summed E-state index contributed by atoms with van der Waals surface area (Å²) >= 11 is 0. The number of anilines is 1. The van der Waals surface area contributed by atoms with Crippen LogP contribution in [0.3, 0.4) is 0 Å². The van der Waals surface area contributed by atoms with Gasteiger partial charge in [0.1, 0.15) is 0 Å². The molecule has 0 N–H and O–H groups in total. The van der Waals surface area contributed by atoms with Gasteiger partial charge in [0.2, 0.25) is 5.90 Å². The molecule has 1 aliphatic rings. The Kier molecular flexibility index (Phi) is 8.25. The maximum atomic E-state index is 12.2. The lowest BCUT2D eigenvalue weighted by Crippen LogP contribution is -2.25. The molecule has 0 aliphatic carbocycles. The molecule has 4 nitrogen and oxygen atoms in total. The molecular formula is C26H32N2O2.